The van der Waals surface area contributed by atoms with E-state index in [0.29, 0.717) is 16.7 Å². The number of fused-ring (bicyclic) bond motifs is 1. The van der Waals surface area contributed by atoms with Crippen molar-refractivity contribution in [1.29, 1.82) is 0 Å². The van der Waals surface area contributed by atoms with Gasteiger partial charge in [0, 0.05) is 13.0 Å². The number of aryl methyl sites for hydroxylation is 1. The Labute approximate surface area is 147 Å². The van der Waals surface area contributed by atoms with Crippen molar-refractivity contribution in [3.8, 4) is 0 Å². The van der Waals surface area contributed by atoms with Crippen molar-refractivity contribution in [1.82, 2.24) is 4.98 Å². The third-order valence-electron chi connectivity index (χ3n) is 3.34. The SMILES string of the molecule is CC.CCOC(=O)c1oc2cnccc2c1Nc1ccc(C)cc1F.[HH]. The highest BCUT2D eigenvalue weighted by Crippen LogP contribution is 2.34. The first-order valence-corrected chi connectivity index (χ1v) is 8.17. The van der Waals surface area contributed by atoms with E-state index in [0.717, 1.165) is 5.56 Å². The predicted molar refractivity (Wildman–Crippen MR) is 97.8 cm³/mol. The van der Waals surface area contributed by atoms with Crippen molar-refractivity contribution >= 4 is 28.3 Å². The molecule has 2 aromatic heterocycles. The molecule has 0 saturated carbocycles. The highest BCUT2D eigenvalue weighted by molar-refractivity contribution is 6.05. The van der Waals surface area contributed by atoms with E-state index in [1.165, 1.54) is 12.3 Å². The van der Waals surface area contributed by atoms with Gasteiger partial charge in [0.1, 0.15) is 11.5 Å². The van der Waals surface area contributed by atoms with Crippen LogP contribution < -0.4 is 5.32 Å². The molecule has 0 aliphatic carbocycles. The lowest BCUT2D eigenvalue weighted by molar-refractivity contribution is 0.0494. The second-order valence-corrected chi connectivity index (χ2v) is 5.01. The number of furan rings is 1. The molecule has 0 unspecified atom stereocenters. The summed E-state index contributed by atoms with van der Waals surface area (Å²) in [6.07, 6.45) is 3.07. The Bertz CT molecular complexity index is 880. The number of nitrogens with one attached hydrogen (secondary N) is 1. The fourth-order valence-corrected chi connectivity index (χ4v) is 2.27. The fourth-order valence-electron chi connectivity index (χ4n) is 2.27. The van der Waals surface area contributed by atoms with Crippen LogP contribution in [-0.2, 0) is 4.74 Å². The lowest BCUT2D eigenvalue weighted by Gasteiger charge is -2.08. The number of nitrogens with zero attached hydrogens (tertiary/aromatic N) is 1. The number of esters is 1. The van der Waals surface area contributed by atoms with Crippen LogP contribution in [0.2, 0.25) is 0 Å². The first-order chi connectivity index (χ1) is 12.1. The van der Waals surface area contributed by atoms with Gasteiger partial charge < -0.3 is 14.5 Å². The normalized spacial score (nSPS) is 10.1. The van der Waals surface area contributed by atoms with Crippen molar-refractivity contribution < 1.29 is 19.8 Å². The molecule has 1 N–H and O–H groups in total. The Hall–Kier alpha value is -2.89. The highest BCUT2D eigenvalue weighted by atomic mass is 19.1. The average Bonchev–Trinajstić information content (AvgIpc) is 2.98. The Balaban J connectivity index is 0.00000109. The number of halogens is 1. The van der Waals surface area contributed by atoms with Crippen LogP contribution in [-0.4, -0.2) is 17.6 Å². The topological polar surface area (TPSA) is 64.4 Å². The van der Waals surface area contributed by atoms with Gasteiger partial charge in [-0.25, -0.2) is 9.18 Å². The van der Waals surface area contributed by atoms with E-state index in [4.69, 9.17) is 9.15 Å². The van der Waals surface area contributed by atoms with Gasteiger partial charge in [-0.3, -0.25) is 4.98 Å². The van der Waals surface area contributed by atoms with Crippen molar-refractivity contribution in [2.45, 2.75) is 27.7 Å². The minimum atomic E-state index is -0.612. The van der Waals surface area contributed by atoms with Gasteiger partial charge in [-0.15, -0.1) is 0 Å². The van der Waals surface area contributed by atoms with Gasteiger partial charge in [-0.05, 0) is 37.6 Å². The second kappa shape index (κ2) is 8.28. The van der Waals surface area contributed by atoms with Crippen LogP contribution in [0.3, 0.4) is 0 Å². The number of hydrogen-bond donors (Lipinski definition) is 1. The van der Waals surface area contributed by atoms with Crippen LogP contribution in [0.25, 0.3) is 11.0 Å². The summed E-state index contributed by atoms with van der Waals surface area (Å²) in [6, 6.07) is 6.49. The van der Waals surface area contributed by atoms with Crippen LogP contribution in [0.5, 0.6) is 0 Å². The monoisotopic (exact) mass is 346 g/mol. The number of benzene rings is 1. The maximum absolute atomic E-state index is 14.1. The molecule has 25 heavy (non-hydrogen) atoms. The first-order valence-electron chi connectivity index (χ1n) is 8.17. The van der Waals surface area contributed by atoms with Crippen molar-refractivity contribution in [3.63, 3.8) is 0 Å². The third-order valence-corrected chi connectivity index (χ3v) is 3.34. The van der Waals surface area contributed by atoms with Gasteiger partial charge in [-0.2, -0.15) is 0 Å². The molecule has 0 aliphatic heterocycles. The number of carbonyl (C=O) groups excluding carboxylic acids is 1. The highest BCUT2D eigenvalue weighted by Gasteiger charge is 2.22. The molecular formula is C19H23FN2O3. The standard InChI is InChI=1S/C17H15FN2O3.C2H6.H2/c1-3-22-17(21)16-15(11-6-7-19-9-14(11)23-16)20-13-5-4-10(2)8-12(13)18;1-2;/h4-9,20H,3H2,1-2H3;1-2H3;1H. The zero-order valence-corrected chi connectivity index (χ0v) is 14.7. The predicted octanol–water partition coefficient (Wildman–Crippen LogP) is 5.47. The molecule has 0 fully saturated rings. The van der Waals surface area contributed by atoms with Crippen molar-refractivity contribution in [3.05, 3.63) is 53.8 Å². The molecule has 3 rings (SSSR count). The molecule has 0 saturated heterocycles. The van der Waals surface area contributed by atoms with E-state index in [2.05, 4.69) is 10.3 Å². The first kappa shape index (κ1) is 18.4. The smallest absolute Gasteiger partial charge is 0.376 e. The van der Waals surface area contributed by atoms with Crippen LogP contribution >= 0.6 is 0 Å². The zero-order valence-electron chi connectivity index (χ0n) is 14.7. The Morgan fingerprint density at radius 3 is 2.80 bits per heavy atom. The fraction of sp³-hybridized carbons (Fsp3) is 0.263. The third kappa shape index (κ3) is 3.96. The minimum Gasteiger partial charge on any atom is -0.460 e. The summed E-state index contributed by atoms with van der Waals surface area (Å²) >= 11 is 0. The van der Waals surface area contributed by atoms with E-state index in [1.54, 1.807) is 38.2 Å². The second-order valence-electron chi connectivity index (χ2n) is 5.01. The molecule has 5 nitrogen and oxygen atoms in total. The quantitative estimate of drug-likeness (QED) is 0.635. The molecular weight excluding hydrogens is 323 g/mol. The van der Waals surface area contributed by atoms with E-state index in [9.17, 15) is 9.18 Å². The summed E-state index contributed by atoms with van der Waals surface area (Å²) in [5, 5.41) is 3.56. The van der Waals surface area contributed by atoms with Crippen LogP contribution in [0.15, 0.2) is 41.1 Å². The lowest BCUT2D eigenvalue weighted by atomic mass is 10.2. The number of anilines is 2. The van der Waals surface area contributed by atoms with Crippen LogP contribution in [0.4, 0.5) is 15.8 Å². The van der Waals surface area contributed by atoms with Crippen LogP contribution in [0.1, 0.15) is 38.3 Å². The maximum atomic E-state index is 14.1. The van der Waals surface area contributed by atoms with Gasteiger partial charge in [0.05, 0.1) is 18.5 Å². The van der Waals surface area contributed by atoms with Crippen molar-refractivity contribution in [2.75, 3.05) is 11.9 Å². The largest absolute Gasteiger partial charge is 0.460 e. The minimum absolute atomic E-state index is 0. The van der Waals surface area contributed by atoms with E-state index in [-0.39, 0.29) is 19.5 Å². The average molecular weight is 346 g/mol. The number of rotatable bonds is 4. The zero-order chi connectivity index (χ0) is 18.4. The molecule has 0 bridgehead atoms. The molecule has 0 radical (unpaired) electrons. The van der Waals surface area contributed by atoms with Crippen molar-refractivity contribution in [2.24, 2.45) is 0 Å². The lowest BCUT2D eigenvalue weighted by Crippen LogP contribution is -2.06. The van der Waals surface area contributed by atoms with Gasteiger partial charge >= 0.3 is 5.97 Å². The summed E-state index contributed by atoms with van der Waals surface area (Å²) in [4.78, 5) is 16.1. The summed E-state index contributed by atoms with van der Waals surface area (Å²) in [5.74, 6) is -1.03. The summed E-state index contributed by atoms with van der Waals surface area (Å²) in [6.45, 7) is 7.72. The summed E-state index contributed by atoms with van der Waals surface area (Å²) in [7, 11) is 0. The van der Waals surface area contributed by atoms with E-state index in [1.807, 2.05) is 13.8 Å². The molecule has 0 aliphatic rings. The number of ether oxygens (including phenoxy) is 1. The number of hydrogen-bond acceptors (Lipinski definition) is 5. The van der Waals surface area contributed by atoms with Crippen LogP contribution in [0, 0.1) is 12.7 Å². The molecule has 0 atom stereocenters. The van der Waals surface area contributed by atoms with Gasteiger partial charge in [-0.1, -0.05) is 19.9 Å². The van der Waals surface area contributed by atoms with E-state index >= 15 is 0 Å². The Morgan fingerprint density at radius 2 is 2.12 bits per heavy atom. The van der Waals surface area contributed by atoms with E-state index < -0.39 is 11.8 Å². The number of pyridine rings is 1. The van der Waals surface area contributed by atoms with Gasteiger partial charge in [0.15, 0.2) is 5.58 Å². The number of aromatic nitrogens is 1. The van der Waals surface area contributed by atoms with Gasteiger partial charge in [0.25, 0.3) is 0 Å². The molecule has 3 aromatic rings. The molecule has 0 amide bonds. The number of carbonyl (C=O) groups is 1. The molecule has 134 valence electrons. The summed E-state index contributed by atoms with van der Waals surface area (Å²) < 4.78 is 24.6. The Morgan fingerprint density at radius 1 is 1.36 bits per heavy atom. The molecule has 6 heteroatoms. The Kier molecular flexibility index (Phi) is 6.11. The maximum Gasteiger partial charge on any atom is 0.376 e. The molecule has 1 aromatic carbocycles. The molecule has 2 heterocycles. The molecule has 0 spiro atoms. The van der Waals surface area contributed by atoms with Gasteiger partial charge in [0.2, 0.25) is 5.76 Å². The summed E-state index contributed by atoms with van der Waals surface area (Å²) in [5.41, 5.74) is 1.84.